The van der Waals surface area contributed by atoms with Crippen LogP contribution in [0.4, 0.5) is 0 Å². The Morgan fingerprint density at radius 2 is 1.96 bits per heavy atom. The van der Waals surface area contributed by atoms with Gasteiger partial charge in [-0.3, -0.25) is 9.69 Å². The summed E-state index contributed by atoms with van der Waals surface area (Å²) < 4.78 is 5.11. The SMILES string of the molecule is N#C/C(=C/NCCOCCO)C(=O)N1CCN(Cc2ccccc2)CC1. The predicted octanol–water partition coefficient (Wildman–Crippen LogP) is 0.337. The van der Waals surface area contributed by atoms with E-state index >= 15 is 0 Å². The first-order valence-corrected chi connectivity index (χ1v) is 8.82. The minimum absolute atomic E-state index is 0.0198. The van der Waals surface area contributed by atoms with Crippen LogP contribution in [0.15, 0.2) is 42.1 Å². The normalized spacial score (nSPS) is 15.5. The fourth-order valence-corrected chi connectivity index (χ4v) is 2.73. The zero-order chi connectivity index (χ0) is 18.6. The number of hydrogen-bond acceptors (Lipinski definition) is 6. The molecule has 7 heteroatoms. The molecule has 1 amide bonds. The summed E-state index contributed by atoms with van der Waals surface area (Å²) in [5.41, 5.74) is 1.36. The van der Waals surface area contributed by atoms with Gasteiger partial charge in [-0.05, 0) is 5.56 Å². The molecular formula is C19H26N4O3. The molecule has 0 spiro atoms. The number of rotatable bonds is 9. The topological polar surface area (TPSA) is 88.8 Å². The lowest BCUT2D eigenvalue weighted by Gasteiger charge is -2.34. The van der Waals surface area contributed by atoms with E-state index in [1.165, 1.54) is 11.8 Å². The Labute approximate surface area is 154 Å². The van der Waals surface area contributed by atoms with E-state index in [-0.39, 0.29) is 24.7 Å². The van der Waals surface area contributed by atoms with Gasteiger partial charge in [-0.1, -0.05) is 30.3 Å². The maximum absolute atomic E-state index is 12.5. The number of aliphatic hydroxyl groups is 1. The van der Waals surface area contributed by atoms with Gasteiger partial charge in [0.05, 0.1) is 19.8 Å². The number of aliphatic hydroxyl groups excluding tert-OH is 1. The molecule has 1 aliphatic heterocycles. The van der Waals surface area contributed by atoms with Crippen LogP contribution in [0.1, 0.15) is 5.56 Å². The van der Waals surface area contributed by atoms with Crippen molar-refractivity contribution >= 4 is 5.91 Å². The first-order valence-electron chi connectivity index (χ1n) is 8.82. The second-order valence-corrected chi connectivity index (χ2v) is 6.01. The standard InChI is InChI=1S/C19H26N4O3/c20-14-18(15-21-6-12-26-13-11-24)19(25)23-9-7-22(8-10-23)16-17-4-2-1-3-5-17/h1-5,15,21,24H,6-13,16H2/b18-15-. The Morgan fingerprint density at radius 1 is 1.23 bits per heavy atom. The number of nitriles is 1. The molecule has 1 aliphatic rings. The molecule has 1 saturated heterocycles. The first kappa shape index (κ1) is 19.9. The molecule has 7 nitrogen and oxygen atoms in total. The third-order valence-corrected chi connectivity index (χ3v) is 4.13. The van der Waals surface area contributed by atoms with E-state index in [0.29, 0.717) is 26.2 Å². The highest BCUT2D eigenvalue weighted by Crippen LogP contribution is 2.10. The summed E-state index contributed by atoms with van der Waals surface area (Å²) in [5, 5.41) is 20.8. The molecule has 0 aromatic heterocycles. The summed E-state index contributed by atoms with van der Waals surface area (Å²) >= 11 is 0. The molecule has 2 N–H and O–H groups in total. The van der Waals surface area contributed by atoms with Crippen LogP contribution in [0.5, 0.6) is 0 Å². The fraction of sp³-hybridized carbons (Fsp3) is 0.474. The average molecular weight is 358 g/mol. The van der Waals surface area contributed by atoms with Crippen LogP contribution in [-0.4, -0.2) is 73.4 Å². The largest absolute Gasteiger partial charge is 0.394 e. The van der Waals surface area contributed by atoms with Crippen molar-refractivity contribution in [2.75, 3.05) is 52.5 Å². The van der Waals surface area contributed by atoms with Crippen LogP contribution >= 0.6 is 0 Å². The molecular weight excluding hydrogens is 332 g/mol. The highest BCUT2D eigenvalue weighted by molar-refractivity contribution is 5.97. The lowest BCUT2D eigenvalue weighted by molar-refractivity contribution is -0.128. The molecule has 2 rings (SSSR count). The Kier molecular flexibility index (Phi) is 8.63. The van der Waals surface area contributed by atoms with E-state index in [9.17, 15) is 10.1 Å². The van der Waals surface area contributed by atoms with Gasteiger partial charge in [0, 0.05) is 45.5 Å². The van der Waals surface area contributed by atoms with Crippen molar-refractivity contribution in [1.82, 2.24) is 15.1 Å². The van der Waals surface area contributed by atoms with Crippen molar-refractivity contribution in [3.8, 4) is 6.07 Å². The number of nitrogens with one attached hydrogen (secondary N) is 1. The van der Waals surface area contributed by atoms with E-state index in [1.54, 1.807) is 4.90 Å². The van der Waals surface area contributed by atoms with Gasteiger partial charge in [-0.2, -0.15) is 5.26 Å². The highest BCUT2D eigenvalue weighted by atomic mass is 16.5. The van der Waals surface area contributed by atoms with Crippen molar-refractivity contribution < 1.29 is 14.6 Å². The van der Waals surface area contributed by atoms with Crippen LogP contribution in [0, 0.1) is 11.3 Å². The van der Waals surface area contributed by atoms with E-state index in [2.05, 4.69) is 22.3 Å². The van der Waals surface area contributed by atoms with Crippen molar-refractivity contribution in [2.45, 2.75) is 6.54 Å². The summed E-state index contributed by atoms with van der Waals surface area (Å²) in [7, 11) is 0. The smallest absolute Gasteiger partial charge is 0.266 e. The molecule has 1 aromatic rings. The number of carbonyl (C=O) groups excluding carboxylic acids is 1. The lowest BCUT2D eigenvalue weighted by atomic mass is 10.2. The van der Waals surface area contributed by atoms with Gasteiger partial charge in [0.15, 0.2) is 0 Å². The molecule has 0 aliphatic carbocycles. The van der Waals surface area contributed by atoms with Crippen molar-refractivity contribution in [3.05, 3.63) is 47.7 Å². The van der Waals surface area contributed by atoms with Crippen LogP contribution in [0.25, 0.3) is 0 Å². The number of carbonyl (C=O) groups is 1. The molecule has 140 valence electrons. The van der Waals surface area contributed by atoms with Gasteiger partial charge in [0.1, 0.15) is 11.6 Å². The molecule has 26 heavy (non-hydrogen) atoms. The van der Waals surface area contributed by atoms with Crippen molar-refractivity contribution in [3.63, 3.8) is 0 Å². The number of nitrogens with zero attached hydrogens (tertiary/aromatic N) is 3. The van der Waals surface area contributed by atoms with Gasteiger partial charge in [0.25, 0.3) is 5.91 Å². The molecule has 0 atom stereocenters. The molecule has 0 bridgehead atoms. The number of piperazine rings is 1. The van der Waals surface area contributed by atoms with E-state index in [4.69, 9.17) is 9.84 Å². The Hall–Kier alpha value is -2.40. The monoisotopic (exact) mass is 358 g/mol. The first-order chi connectivity index (χ1) is 12.7. The van der Waals surface area contributed by atoms with Gasteiger partial charge >= 0.3 is 0 Å². The Morgan fingerprint density at radius 3 is 2.62 bits per heavy atom. The maximum atomic E-state index is 12.5. The summed E-state index contributed by atoms with van der Waals surface area (Å²) in [5.74, 6) is -0.240. The molecule has 0 unspecified atom stereocenters. The lowest BCUT2D eigenvalue weighted by Crippen LogP contribution is -2.48. The minimum Gasteiger partial charge on any atom is -0.394 e. The van der Waals surface area contributed by atoms with Crippen LogP contribution in [0.2, 0.25) is 0 Å². The highest BCUT2D eigenvalue weighted by Gasteiger charge is 2.23. The Bertz CT molecular complexity index is 619. The zero-order valence-electron chi connectivity index (χ0n) is 14.9. The molecule has 0 saturated carbocycles. The third kappa shape index (κ3) is 6.48. The van der Waals surface area contributed by atoms with Gasteiger partial charge in [-0.25, -0.2) is 0 Å². The molecule has 1 aromatic carbocycles. The van der Waals surface area contributed by atoms with Crippen LogP contribution in [-0.2, 0) is 16.1 Å². The van der Waals surface area contributed by atoms with E-state index in [0.717, 1.165) is 19.6 Å². The zero-order valence-corrected chi connectivity index (χ0v) is 14.9. The molecule has 1 heterocycles. The Balaban J connectivity index is 1.76. The van der Waals surface area contributed by atoms with Crippen LogP contribution < -0.4 is 5.32 Å². The number of benzene rings is 1. The van der Waals surface area contributed by atoms with Crippen LogP contribution in [0.3, 0.4) is 0 Å². The number of ether oxygens (including phenoxy) is 1. The summed E-state index contributed by atoms with van der Waals surface area (Å²) in [6, 6.07) is 12.2. The molecule has 0 radical (unpaired) electrons. The quantitative estimate of drug-likeness (QED) is 0.376. The van der Waals surface area contributed by atoms with E-state index < -0.39 is 0 Å². The molecule has 1 fully saturated rings. The minimum atomic E-state index is -0.240. The summed E-state index contributed by atoms with van der Waals surface area (Å²) in [6.45, 7) is 4.83. The second-order valence-electron chi connectivity index (χ2n) is 6.01. The third-order valence-electron chi connectivity index (χ3n) is 4.13. The predicted molar refractivity (Wildman–Crippen MR) is 97.9 cm³/mol. The van der Waals surface area contributed by atoms with Crippen molar-refractivity contribution in [1.29, 1.82) is 5.26 Å². The maximum Gasteiger partial charge on any atom is 0.266 e. The fourth-order valence-electron chi connectivity index (χ4n) is 2.73. The number of amides is 1. The van der Waals surface area contributed by atoms with E-state index in [1.807, 2.05) is 24.3 Å². The summed E-state index contributed by atoms with van der Waals surface area (Å²) in [6.07, 6.45) is 1.45. The van der Waals surface area contributed by atoms with Crippen molar-refractivity contribution in [2.24, 2.45) is 0 Å². The van der Waals surface area contributed by atoms with Gasteiger partial charge in [0.2, 0.25) is 0 Å². The summed E-state index contributed by atoms with van der Waals surface area (Å²) in [4.78, 5) is 16.5. The van der Waals surface area contributed by atoms with Gasteiger partial charge in [-0.15, -0.1) is 0 Å². The second kappa shape index (κ2) is 11.3. The van der Waals surface area contributed by atoms with Gasteiger partial charge < -0.3 is 20.1 Å². The average Bonchev–Trinajstić information content (AvgIpc) is 2.68. The number of hydrogen-bond donors (Lipinski definition) is 2.